The molecular weight excluding hydrogens is 312 g/mol. The first-order chi connectivity index (χ1) is 11.1. The number of carbonyl (C=O) groups excluding carboxylic acids is 3. The van der Waals surface area contributed by atoms with E-state index in [-0.39, 0.29) is 18.4 Å². The number of nitrogens with zero attached hydrogens (tertiary/aromatic N) is 1. The summed E-state index contributed by atoms with van der Waals surface area (Å²) in [5, 5.41) is 2.17. The largest absolute Gasteiger partial charge is 0.317 e. The third-order valence-electron chi connectivity index (χ3n) is 3.74. The molecule has 0 spiro atoms. The highest BCUT2D eigenvalue weighted by molar-refractivity contribution is 7.96. The molecule has 1 aliphatic heterocycles. The van der Waals surface area contributed by atoms with Gasteiger partial charge in [-0.2, -0.15) is 0 Å². The van der Waals surface area contributed by atoms with Gasteiger partial charge in [0.2, 0.25) is 0 Å². The van der Waals surface area contributed by atoms with Crippen molar-refractivity contribution < 1.29 is 14.4 Å². The molecule has 3 rings (SSSR count). The molecule has 5 nitrogen and oxygen atoms in total. The highest BCUT2D eigenvalue weighted by Gasteiger charge is 2.34. The van der Waals surface area contributed by atoms with Gasteiger partial charge in [0.25, 0.3) is 17.1 Å². The van der Waals surface area contributed by atoms with Crippen molar-refractivity contribution in [2.75, 3.05) is 11.9 Å². The summed E-state index contributed by atoms with van der Waals surface area (Å²) in [6.07, 6.45) is 0.454. The second-order valence-corrected chi connectivity index (χ2v) is 5.55. The van der Waals surface area contributed by atoms with Crippen molar-refractivity contribution in [3.63, 3.8) is 0 Å². The highest BCUT2D eigenvalue weighted by Crippen LogP contribution is 2.24. The van der Waals surface area contributed by atoms with Crippen LogP contribution in [0.3, 0.4) is 0 Å². The Labute approximate surface area is 138 Å². The van der Waals surface area contributed by atoms with Gasteiger partial charge in [0, 0.05) is 12.2 Å². The SMILES string of the molecule is O=C(S)Nc1ccccc1CCN1C(=O)c2ccccc2C1=O. The van der Waals surface area contributed by atoms with Gasteiger partial charge in [-0.3, -0.25) is 19.3 Å². The summed E-state index contributed by atoms with van der Waals surface area (Å²) in [5.74, 6) is -0.553. The number of carbonyl (C=O) groups is 3. The molecule has 3 amide bonds. The molecule has 116 valence electrons. The van der Waals surface area contributed by atoms with Crippen LogP contribution in [0, 0.1) is 0 Å². The first kappa shape index (κ1) is 15.3. The van der Waals surface area contributed by atoms with Crippen molar-refractivity contribution in [3.05, 3.63) is 65.2 Å². The van der Waals surface area contributed by atoms with Crippen molar-refractivity contribution in [1.29, 1.82) is 0 Å². The number of para-hydroxylation sites is 1. The van der Waals surface area contributed by atoms with Gasteiger partial charge in [0.1, 0.15) is 0 Å². The Hall–Kier alpha value is -2.60. The van der Waals surface area contributed by atoms with Crippen molar-refractivity contribution in [1.82, 2.24) is 4.90 Å². The molecule has 0 saturated heterocycles. The summed E-state index contributed by atoms with van der Waals surface area (Å²) in [6.45, 7) is 0.256. The summed E-state index contributed by atoms with van der Waals surface area (Å²) in [5.41, 5.74) is 2.35. The molecule has 6 heteroatoms. The van der Waals surface area contributed by atoms with E-state index in [2.05, 4.69) is 17.9 Å². The molecule has 0 unspecified atom stereocenters. The number of hydrogen-bond acceptors (Lipinski definition) is 3. The van der Waals surface area contributed by atoms with Crippen LogP contribution in [0.5, 0.6) is 0 Å². The van der Waals surface area contributed by atoms with E-state index in [1.165, 1.54) is 4.90 Å². The Bertz CT molecular complexity index is 769. The molecule has 0 aromatic heterocycles. The fourth-order valence-electron chi connectivity index (χ4n) is 2.65. The van der Waals surface area contributed by atoms with E-state index in [9.17, 15) is 14.4 Å². The molecule has 0 atom stereocenters. The van der Waals surface area contributed by atoms with Crippen LogP contribution < -0.4 is 5.32 Å². The Morgan fingerprint density at radius 2 is 1.52 bits per heavy atom. The zero-order valence-corrected chi connectivity index (χ0v) is 13.0. The second-order valence-electron chi connectivity index (χ2n) is 5.14. The minimum absolute atomic E-state index is 0.256. The van der Waals surface area contributed by atoms with Crippen molar-refractivity contribution in [2.45, 2.75) is 6.42 Å². The molecule has 1 N–H and O–H groups in total. The lowest BCUT2D eigenvalue weighted by atomic mass is 10.1. The number of rotatable bonds is 4. The van der Waals surface area contributed by atoms with Gasteiger partial charge < -0.3 is 5.32 Å². The number of amides is 3. The van der Waals surface area contributed by atoms with E-state index >= 15 is 0 Å². The molecule has 1 aliphatic rings. The van der Waals surface area contributed by atoms with Crippen LogP contribution in [0.2, 0.25) is 0 Å². The normalized spacial score (nSPS) is 13.2. The number of benzene rings is 2. The molecule has 0 bridgehead atoms. The summed E-state index contributed by atoms with van der Waals surface area (Å²) in [6, 6.07) is 14.0. The van der Waals surface area contributed by atoms with Gasteiger partial charge in [-0.05, 0) is 30.2 Å². The summed E-state index contributed by atoms with van der Waals surface area (Å²) in [4.78, 5) is 37.0. The zero-order valence-electron chi connectivity index (χ0n) is 12.2. The van der Waals surface area contributed by atoms with Crippen LogP contribution in [0.15, 0.2) is 48.5 Å². The van der Waals surface area contributed by atoms with Crippen molar-refractivity contribution in [3.8, 4) is 0 Å². The lowest BCUT2D eigenvalue weighted by Gasteiger charge is -2.15. The Balaban J connectivity index is 1.77. The summed E-state index contributed by atoms with van der Waals surface area (Å²) < 4.78 is 0. The molecule has 2 aromatic rings. The van der Waals surface area contributed by atoms with Crippen LogP contribution in [0.25, 0.3) is 0 Å². The maximum atomic E-state index is 12.3. The smallest absolute Gasteiger partial charge is 0.280 e. The first-order valence-corrected chi connectivity index (χ1v) is 7.55. The average molecular weight is 326 g/mol. The van der Waals surface area contributed by atoms with E-state index in [1.54, 1.807) is 36.4 Å². The molecule has 0 radical (unpaired) electrons. The predicted molar refractivity (Wildman–Crippen MR) is 90.0 cm³/mol. The molecule has 1 heterocycles. The second kappa shape index (κ2) is 6.26. The van der Waals surface area contributed by atoms with Gasteiger partial charge >= 0.3 is 0 Å². The number of imide groups is 1. The zero-order chi connectivity index (χ0) is 16.4. The Kier molecular flexibility index (Phi) is 4.16. The van der Waals surface area contributed by atoms with Gasteiger partial charge in [-0.1, -0.05) is 43.0 Å². The van der Waals surface area contributed by atoms with Crippen molar-refractivity contribution in [2.24, 2.45) is 0 Å². The number of fused-ring (bicyclic) bond motifs is 1. The van der Waals surface area contributed by atoms with Crippen molar-refractivity contribution >= 4 is 35.4 Å². The maximum Gasteiger partial charge on any atom is 0.280 e. The predicted octanol–water partition coefficient (Wildman–Crippen LogP) is 2.99. The highest BCUT2D eigenvalue weighted by atomic mass is 32.1. The van der Waals surface area contributed by atoms with E-state index in [1.807, 2.05) is 12.1 Å². The maximum absolute atomic E-state index is 12.3. The van der Waals surface area contributed by atoms with Gasteiger partial charge in [-0.25, -0.2) is 0 Å². The number of anilines is 1. The summed E-state index contributed by atoms with van der Waals surface area (Å²) in [7, 11) is 0. The topological polar surface area (TPSA) is 66.5 Å². The van der Waals surface area contributed by atoms with Crippen LogP contribution in [0.4, 0.5) is 10.5 Å². The van der Waals surface area contributed by atoms with Crippen LogP contribution in [-0.2, 0) is 6.42 Å². The molecular formula is C17H14N2O3S. The van der Waals surface area contributed by atoms with Gasteiger partial charge in [0.15, 0.2) is 0 Å². The minimum Gasteiger partial charge on any atom is -0.317 e. The minimum atomic E-state index is -0.460. The molecule has 0 saturated carbocycles. The molecule has 0 aliphatic carbocycles. The monoisotopic (exact) mass is 326 g/mol. The van der Waals surface area contributed by atoms with E-state index in [4.69, 9.17) is 0 Å². The number of hydrogen-bond donors (Lipinski definition) is 2. The lowest BCUT2D eigenvalue weighted by molar-refractivity contribution is 0.0656. The molecule has 2 aromatic carbocycles. The van der Waals surface area contributed by atoms with Crippen LogP contribution >= 0.6 is 12.6 Å². The average Bonchev–Trinajstić information content (AvgIpc) is 2.78. The Morgan fingerprint density at radius 3 is 2.13 bits per heavy atom. The molecule has 0 fully saturated rings. The quantitative estimate of drug-likeness (QED) is 0.670. The molecule has 23 heavy (non-hydrogen) atoms. The first-order valence-electron chi connectivity index (χ1n) is 7.11. The third kappa shape index (κ3) is 2.98. The fraction of sp³-hybridized carbons (Fsp3) is 0.118. The van der Waals surface area contributed by atoms with E-state index in [0.717, 1.165) is 5.56 Å². The standard InChI is InChI=1S/C17H14N2O3S/c20-15-12-6-2-3-7-13(12)16(21)19(15)10-9-11-5-1-4-8-14(11)18-17(22)23/h1-8H,9-10H2,(H2,18,22,23). The number of nitrogens with one attached hydrogen (secondary N) is 1. The fourth-order valence-corrected chi connectivity index (χ4v) is 2.77. The third-order valence-corrected chi connectivity index (χ3v) is 3.85. The summed E-state index contributed by atoms with van der Waals surface area (Å²) >= 11 is 3.71. The Morgan fingerprint density at radius 1 is 0.957 bits per heavy atom. The van der Waals surface area contributed by atoms with Crippen LogP contribution in [-0.4, -0.2) is 28.5 Å². The van der Waals surface area contributed by atoms with E-state index < -0.39 is 5.24 Å². The van der Waals surface area contributed by atoms with E-state index in [0.29, 0.717) is 23.2 Å². The lowest BCUT2D eigenvalue weighted by Crippen LogP contribution is -2.31. The van der Waals surface area contributed by atoms with Crippen LogP contribution in [0.1, 0.15) is 26.3 Å². The van der Waals surface area contributed by atoms with Gasteiger partial charge in [0.05, 0.1) is 11.1 Å². The van der Waals surface area contributed by atoms with Gasteiger partial charge in [-0.15, -0.1) is 0 Å². The number of thiol groups is 1.